The van der Waals surface area contributed by atoms with Crippen LogP contribution in [0.4, 0.5) is 0 Å². The van der Waals surface area contributed by atoms with Gasteiger partial charge in [-0.1, -0.05) is 59.6 Å². The van der Waals surface area contributed by atoms with Crippen molar-refractivity contribution < 1.29 is 9.47 Å². The van der Waals surface area contributed by atoms with Crippen LogP contribution in [0.3, 0.4) is 0 Å². The Morgan fingerprint density at radius 2 is 1.00 bits per heavy atom. The Bertz CT molecular complexity index is 2780. The molecular weight excluding hydrogens is 848 g/mol. The number of methoxy groups -OCH3 is 2. The predicted molar refractivity (Wildman–Crippen MR) is 248 cm³/mol. The number of pyridine rings is 2. The molecule has 8 heterocycles. The first-order chi connectivity index (χ1) is 31.2. The Kier molecular flexibility index (Phi) is 12.5. The molecule has 0 saturated carbocycles. The van der Waals surface area contributed by atoms with Crippen LogP contribution in [-0.4, -0.2) is 72.8 Å². The second kappa shape index (κ2) is 18.8. The monoisotopic (exact) mass is 892 g/mol. The maximum absolute atomic E-state index is 6.46. The Hall–Kier alpha value is -6.90. The van der Waals surface area contributed by atoms with Gasteiger partial charge in [0.05, 0.1) is 49.6 Å². The van der Waals surface area contributed by atoms with Gasteiger partial charge >= 0.3 is 0 Å². The van der Waals surface area contributed by atoms with Crippen molar-refractivity contribution in [3.8, 4) is 23.1 Å². The minimum Gasteiger partial charge on any atom is -0.479 e. The quantitative estimate of drug-likeness (QED) is 0.130. The lowest BCUT2D eigenvalue weighted by Gasteiger charge is -2.23. The molecule has 2 aliphatic rings. The Labute approximate surface area is 380 Å². The summed E-state index contributed by atoms with van der Waals surface area (Å²) in [5.74, 6) is 4.61. The third kappa shape index (κ3) is 9.10. The first-order valence-corrected chi connectivity index (χ1v) is 21.9. The van der Waals surface area contributed by atoms with Crippen molar-refractivity contribution in [2.75, 3.05) is 14.2 Å². The number of hydrogen-bond acceptors (Lipinski definition) is 10. The van der Waals surface area contributed by atoms with Gasteiger partial charge in [-0.15, -0.1) is 0 Å². The number of nitrogens with zero attached hydrogens (tertiary/aromatic N) is 12. The average Bonchev–Trinajstić information content (AvgIpc) is 4.14. The smallest absolute Gasteiger partial charge is 0.238 e. The van der Waals surface area contributed by atoms with Crippen molar-refractivity contribution >= 4 is 47.5 Å². The lowest BCUT2D eigenvalue weighted by molar-refractivity contribution is 0.395. The number of fused-ring (bicyclic) bond motifs is 2. The number of halogens is 2. The van der Waals surface area contributed by atoms with E-state index in [0.29, 0.717) is 23.4 Å². The third-order valence-corrected chi connectivity index (χ3v) is 11.9. The number of rotatable bonds is 10. The molecule has 64 heavy (non-hydrogen) atoms. The molecule has 324 valence electrons. The van der Waals surface area contributed by atoms with Crippen LogP contribution < -0.4 is 9.47 Å². The van der Waals surface area contributed by atoms with Crippen molar-refractivity contribution in [1.29, 1.82) is 0 Å². The van der Waals surface area contributed by atoms with Gasteiger partial charge in [0, 0.05) is 47.4 Å². The van der Waals surface area contributed by atoms with E-state index in [0.717, 1.165) is 106 Å². The lowest BCUT2D eigenvalue weighted by Crippen LogP contribution is -2.18. The first-order valence-electron chi connectivity index (χ1n) is 21.1. The fraction of sp³-hybridized carbons (Fsp3) is 0.250. The van der Waals surface area contributed by atoms with Crippen LogP contribution in [0.5, 0.6) is 11.8 Å². The Balaban J connectivity index is 0.000000162. The summed E-state index contributed by atoms with van der Waals surface area (Å²) in [6.45, 7) is 5.62. The Morgan fingerprint density at radius 1 is 0.562 bits per heavy atom. The zero-order valence-electron chi connectivity index (χ0n) is 35.9. The molecule has 0 saturated heterocycles. The van der Waals surface area contributed by atoms with Gasteiger partial charge in [-0.3, -0.25) is 0 Å². The summed E-state index contributed by atoms with van der Waals surface area (Å²) < 4.78 is 18.8. The zero-order chi connectivity index (χ0) is 44.2. The van der Waals surface area contributed by atoms with Gasteiger partial charge in [0.1, 0.15) is 23.0 Å². The van der Waals surface area contributed by atoms with Crippen LogP contribution in [0, 0.1) is 13.8 Å². The normalized spacial score (nSPS) is 15.8. The number of imidazole rings is 2. The predicted octanol–water partition coefficient (Wildman–Crippen LogP) is 9.85. The van der Waals surface area contributed by atoms with Gasteiger partial charge in [0.2, 0.25) is 11.8 Å². The van der Waals surface area contributed by atoms with E-state index in [4.69, 9.17) is 42.6 Å². The summed E-state index contributed by atoms with van der Waals surface area (Å²) in [4.78, 5) is 27.4. The molecule has 2 aromatic carbocycles. The molecule has 8 aromatic rings. The molecule has 2 aliphatic heterocycles. The van der Waals surface area contributed by atoms with E-state index < -0.39 is 0 Å². The molecule has 0 bridgehead atoms. The molecule has 0 N–H and O–H groups in total. The van der Waals surface area contributed by atoms with E-state index in [1.165, 1.54) is 0 Å². The number of aryl methyl sites for hydroxylation is 4. The van der Waals surface area contributed by atoms with Crippen LogP contribution in [-0.2, 0) is 13.1 Å². The van der Waals surface area contributed by atoms with Gasteiger partial charge in [-0.05, 0) is 111 Å². The van der Waals surface area contributed by atoms with Crippen molar-refractivity contribution in [3.05, 3.63) is 165 Å². The van der Waals surface area contributed by atoms with E-state index in [1.54, 1.807) is 26.9 Å². The summed E-state index contributed by atoms with van der Waals surface area (Å²) in [6.07, 6.45) is 19.1. The molecule has 16 heteroatoms. The maximum atomic E-state index is 6.46. The summed E-state index contributed by atoms with van der Waals surface area (Å²) in [5.41, 5.74) is 7.27. The summed E-state index contributed by atoms with van der Waals surface area (Å²) in [7, 11) is 3.23. The second-order valence-electron chi connectivity index (χ2n) is 15.6. The molecule has 0 fully saturated rings. The summed E-state index contributed by atoms with van der Waals surface area (Å²) in [5, 5.41) is 10.9. The highest BCUT2D eigenvalue weighted by Crippen LogP contribution is 2.37. The molecular formula is C48H46Cl2N12O2. The van der Waals surface area contributed by atoms with Crippen LogP contribution in [0.25, 0.3) is 35.7 Å². The van der Waals surface area contributed by atoms with Crippen molar-refractivity contribution in [1.82, 2.24) is 58.6 Å². The van der Waals surface area contributed by atoms with Crippen LogP contribution in [0.1, 0.15) is 94.7 Å². The van der Waals surface area contributed by atoms with Gasteiger partial charge in [0.25, 0.3) is 0 Å². The third-order valence-electron chi connectivity index (χ3n) is 11.2. The minimum atomic E-state index is 0.156. The topological polar surface area (TPSA) is 141 Å². The van der Waals surface area contributed by atoms with Crippen LogP contribution in [0.15, 0.2) is 97.8 Å². The molecule has 2 atom stereocenters. The van der Waals surface area contributed by atoms with E-state index in [1.807, 2.05) is 130 Å². The molecule has 14 nitrogen and oxygen atoms in total. The van der Waals surface area contributed by atoms with Crippen molar-refractivity contribution in [3.63, 3.8) is 0 Å². The number of hydrogen-bond donors (Lipinski definition) is 0. The van der Waals surface area contributed by atoms with Crippen molar-refractivity contribution in [2.45, 2.75) is 64.5 Å². The van der Waals surface area contributed by atoms with E-state index in [9.17, 15) is 0 Å². The van der Waals surface area contributed by atoms with E-state index >= 15 is 0 Å². The van der Waals surface area contributed by atoms with Crippen LogP contribution >= 0.6 is 23.2 Å². The molecule has 0 spiro atoms. The highest BCUT2D eigenvalue weighted by atomic mass is 35.5. The first kappa shape index (κ1) is 42.4. The molecule has 0 aliphatic carbocycles. The standard InChI is InChI=1S/2C24H23ClN6O/c2*1-16-14-30(15-26-16)21-11-9-17(27-24(21)32-2)10-12-22-28-23-19(7-5-13-31(23)29-22)18-6-3-4-8-20(18)25/h2*3-4,6,8-12,14-15,19H,5,7,13H2,1-2H3/b2*12-10+/t2*19-/m10/s1. The maximum Gasteiger partial charge on any atom is 0.238 e. The molecule has 6 aromatic heterocycles. The molecule has 0 radical (unpaired) electrons. The van der Waals surface area contributed by atoms with Gasteiger partial charge in [-0.25, -0.2) is 39.3 Å². The number of aromatic nitrogens is 12. The minimum absolute atomic E-state index is 0.156. The fourth-order valence-electron chi connectivity index (χ4n) is 8.18. The second-order valence-corrected chi connectivity index (χ2v) is 16.4. The average molecular weight is 894 g/mol. The largest absolute Gasteiger partial charge is 0.479 e. The SMILES string of the molecule is COc1nc(/C=C/c2nc3n(n2)CCC[C@@H]3c2ccccc2Cl)ccc1-n1cnc(C)c1.COc1nc(/C=C/c2nc3n(n2)CCC[C@H]3c2ccccc2Cl)ccc1-n1cnc(C)c1. The molecule has 0 unspecified atom stereocenters. The number of benzene rings is 2. The lowest BCUT2D eigenvalue weighted by atomic mass is 9.91. The summed E-state index contributed by atoms with van der Waals surface area (Å²) in [6, 6.07) is 23.8. The highest BCUT2D eigenvalue weighted by molar-refractivity contribution is 6.31. The highest BCUT2D eigenvalue weighted by Gasteiger charge is 2.28. The van der Waals surface area contributed by atoms with E-state index in [-0.39, 0.29) is 11.8 Å². The van der Waals surface area contributed by atoms with Crippen LogP contribution in [0.2, 0.25) is 10.0 Å². The fourth-order valence-corrected chi connectivity index (χ4v) is 8.72. The zero-order valence-corrected chi connectivity index (χ0v) is 37.4. The number of ether oxygens (including phenoxy) is 2. The van der Waals surface area contributed by atoms with Gasteiger partial charge < -0.3 is 18.6 Å². The van der Waals surface area contributed by atoms with Gasteiger partial charge in [0.15, 0.2) is 11.6 Å². The molecule has 0 amide bonds. The van der Waals surface area contributed by atoms with E-state index in [2.05, 4.69) is 42.3 Å². The van der Waals surface area contributed by atoms with Crippen molar-refractivity contribution in [2.24, 2.45) is 0 Å². The Morgan fingerprint density at radius 3 is 1.39 bits per heavy atom. The molecule has 10 rings (SSSR count). The summed E-state index contributed by atoms with van der Waals surface area (Å²) >= 11 is 12.9. The van der Waals surface area contributed by atoms with Gasteiger partial charge in [-0.2, -0.15) is 10.2 Å².